The van der Waals surface area contributed by atoms with E-state index in [0.29, 0.717) is 11.4 Å². The lowest BCUT2D eigenvalue weighted by Gasteiger charge is -2.21. The summed E-state index contributed by atoms with van der Waals surface area (Å²) in [4.78, 5) is 28.3. The zero-order valence-corrected chi connectivity index (χ0v) is 20.7. The molecule has 1 aromatic carbocycles. The molecule has 3 heterocycles. The Morgan fingerprint density at radius 3 is 2.71 bits per heavy atom. The molecular formula is C23H28FN3O5S2. The van der Waals surface area contributed by atoms with Crippen LogP contribution in [0.25, 0.3) is 0 Å². The minimum Gasteiger partial charge on any atom is -0.373 e. The van der Waals surface area contributed by atoms with Crippen molar-refractivity contribution >= 4 is 33.2 Å². The number of amides is 2. The first kappa shape index (κ1) is 24.8. The summed E-state index contributed by atoms with van der Waals surface area (Å²) in [6.45, 7) is 3.81. The molecule has 2 N–H and O–H groups in total. The van der Waals surface area contributed by atoms with Gasteiger partial charge in [-0.3, -0.25) is 9.59 Å². The highest BCUT2D eigenvalue weighted by atomic mass is 32.2. The van der Waals surface area contributed by atoms with E-state index >= 15 is 0 Å². The number of fused-ring (bicyclic) bond motifs is 1. The number of hydrogen-bond donors (Lipinski definition) is 2. The number of nitrogens with zero attached hydrogens (tertiary/aromatic N) is 1. The molecule has 11 heteroatoms. The first-order valence-corrected chi connectivity index (χ1v) is 13.6. The molecule has 2 amide bonds. The van der Waals surface area contributed by atoms with Crippen molar-refractivity contribution in [3.05, 3.63) is 51.0 Å². The molecule has 1 fully saturated rings. The molecule has 4 rings (SSSR count). The molecular weight excluding hydrogens is 481 g/mol. The topological polar surface area (TPSA) is 105 Å². The number of nitrogens with one attached hydrogen (secondary N) is 2. The summed E-state index contributed by atoms with van der Waals surface area (Å²) in [6, 6.07) is 4.60. The number of halogens is 1. The van der Waals surface area contributed by atoms with Gasteiger partial charge < -0.3 is 15.0 Å². The lowest BCUT2D eigenvalue weighted by molar-refractivity contribution is 0.0423. The largest absolute Gasteiger partial charge is 0.373 e. The second-order valence-electron chi connectivity index (χ2n) is 8.70. The normalized spacial score (nSPS) is 20.7. The molecule has 8 nitrogen and oxygen atoms in total. The van der Waals surface area contributed by atoms with Crippen LogP contribution < -0.4 is 10.0 Å². The van der Waals surface area contributed by atoms with Crippen LogP contribution in [0.5, 0.6) is 0 Å². The molecule has 0 bridgehead atoms. The summed E-state index contributed by atoms with van der Waals surface area (Å²) in [5.41, 5.74) is 0.637. The summed E-state index contributed by atoms with van der Waals surface area (Å²) in [5, 5.41) is 2.61. The predicted molar refractivity (Wildman–Crippen MR) is 126 cm³/mol. The van der Waals surface area contributed by atoms with Crippen molar-refractivity contribution in [2.24, 2.45) is 0 Å². The maximum Gasteiger partial charge on any atom is 0.275 e. The van der Waals surface area contributed by atoms with Gasteiger partial charge in [0.05, 0.1) is 27.5 Å². The van der Waals surface area contributed by atoms with Crippen molar-refractivity contribution in [2.45, 2.75) is 56.3 Å². The monoisotopic (exact) mass is 509 g/mol. The third-order valence-corrected chi connectivity index (χ3v) is 8.65. The van der Waals surface area contributed by atoms with E-state index in [1.54, 1.807) is 6.07 Å². The van der Waals surface area contributed by atoms with Gasteiger partial charge in [-0.2, -0.15) is 0 Å². The highest BCUT2D eigenvalue weighted by Crippen LogP contribution is 2.28. The number of sulfonamides is 1. The number of rotatable bonds is 7. The zero-order valence-electron chi connectivity index (χ0n) is 19.1. The van der Waals surface area contributed by atoms with Gasteiger partial charge in [-0.15, -0.1) is 11.3 Å². The van der Waals surface area contributed by atoms with Crippen LogP contribution in [0.1, 0.15) is 56.7 Å². The van der Waals surface area contributed by atoms with Crippen LogP contribution in [0.4, 0.5) is 4.39 Å². The molecule has 0 radical (unpaired) electrons. The first-order chi connectivity index (χ1) is 16.2. The quantitative estimate of drug-likeness (QED) is 0.595. The van der Waals surface area contributed by atoms with Crippen LogP contribution in [-0.4, -0.2) is 57.5 Å². The van der Waals surface area contributed by atoms with E-state index in [-0.39, 0.29) is 23.6 Å². The molecule has 2 aliphatic heterocycles. The number of carbonyl (C=O) groups is 2. The van der Waals surface area contributed by atoms with E-state index in [0.717, 1.165) is 60.9 Å². The van der Waals surface area contributed by atoms with Crippen molar-refractivity contribution in [1.29, 1.82) is 0 Å². The van der Waals surface area contributed by atoms with Crippen LogP contribution >= 0.6 is 11.3 Å². The number of hydrogen-bond acceptors (Lipinski definition) is 7. The molecule has 0 spiro atoms. The Balaban J connectivity index is 1.44. The number of thiophene rings is 1. The van der Waals surface area contributed by atoms with Gasteiger partial charge in [-0.1, -0.05) is 6.92 Å². The molecule has 1 saturated heterocycles. The second kappa shape index (κ2) is 10.1. The Bertz CT molecular complexity index is 1200. The fraction of sp³-hybridized carbons (Fsp3) is 0.478. The Morgan fingerprint density at radius 1 is 1.21 bits per heavy atom. The van der Waals surface area contributed by atoms with E-state index in [1.165, 1.54) is 11.3 Å². The number of carbonyl (C=O) groups excluding carboxylic acids is 2. The minimum absolute atomic E-state index is 0.153. The molecule has 2 aromatic rings. The fourth-order valence-electron chi connectivity index (χ4n) is 4.17. The highest BCUT2D eigenvalue weighted by molar-refractivity contribution is 7.90. The Hall–Kier alpha value is -2.34. The smallest absolute Gasteiger partial charge is 0.275 e. The predicted octanol–water partition coefficient (Wildman–Crippen LogP) is 2.68. The van der Waals surface area contributed by atoms with Gasteiger partial charge in [0.25, 0.3) is 21.8 Å². The summed E-state index contributed by atoms with van der Waals surface area (Å²) in [5.74, 6) is -2.34. The highest BCUT2D eigenvalue weighted by Gasteiger charge is 2.27. The van der Waals surface area contributed by atoms with Crippen LogP contribution in [-0.2, 0) is 27.7 Å². The Labute approximate surface area is 202 Å². The van der Waals surface area contributed by atoms with E-state index in [1.807, 2.05) is 18.7 Å². The zero-order chi connectivity index (χ0) is 24.5. The number of ether oxygens (including phenoxy) is 1. The van der Waals surface area contributed by atoms with Gasteiger partial charge >= 0.3 is 0 Å². The molecule has 2 atom stereocenters. The van der Waals surface area contributed by atoms with Crippen molar-refractivity contribution in [2.75, 3.05) is 20.1 Å². The van der Waals surface area contributed by atoms with E-state index in [4.69, 9.17) is 4.74 Å². The van der Waals surface area contributed by atoms with Gasteiger partial charge in [0.15, 0.2) is 0 Å². The van der Waals surface area contributed by atoms with Crippen LogP contribution in [0, 0.1) is 5.82 Å². The maximum atomic E-state index is 14.3. The second-order valence-corrected chi connectivity index (χ2v) is 11.5. The first-order valence-electron chi connectivity index (χ1n) is 11.3. The molecule has 0 aliphatic carbocycles. The number of benzene rings is 1. The van der Waals surface area contributed by atoms with E-state index < -0.39 is 33.2 Å². The van der Waals surface area contributed by atoms with Crippen molar-refractivity contribution < 1.29 is 27.1 Å². The summed E-state index contributed by atoms with van der Waals surface area (Å²) >= 11 is 1.26. The fourth-order valence-corrected chi connectivity index (χ4v) is 6.41. The summed E-state index contributed by atoms with van der Waals surface area (Å²) < 4.78 is 47.8. The third-order valence-electron chi connectivity index (χ3n) is 6.16. The minimum atomic E-state index is -4.31. The SMILES string of the molecule is CC[C@@H]1CC[C@H](CNC(=O)c2cc(S(=O)(=O)NC(=O)c3cc4c(s3)CN(C)CC4)ccc2F)O1. The lowest BCUT2D eigenvalue weighted by Crippen LogP contribution is -2.33. The van der Waals surface area contributed by atoms with E-state index in [2.05, 4.69) is 10.2 Å². The van der Waals surface area contributed by atoms with Crippen molar-refractivity contribution in [3.63, 3.8) is 0 Å². The van der Waals surface area contributed by atoms with Crippen LogP contribution in [0.15, 0.2) is 29.2 Å². The molecule has 0 saturated carbocycles. The van der Waals surface area contributed by atoms with Crippen LogP contribution in [0.2, 0.25) is 0 Å². The van der Waals surface area contributed by atoms with Crippen molar-refractivity contribution in [1.82, 2.24) is 14.9 Å². The molecule has 2 aliphatic rings. The molecule has 0 unspecified atom stereocenters. The maximum absolute atomic E-state index is 14.3. The summed E-state index contributed by atoms with van der Waals surface area (Å²) in [6.07, 6.45) is 3.39. The standard InChI is InChI=1S/C23H28FN3O5S2/c1-3-15-4-5-16(32-15)12-25-22(28)18-11-17(6-7-19(18)24)34(30,31)26-23(29)20-10-14-8-9-27(2)13-21(14)33-20/h6-7,10-11,15-16H,3-5,8-9,12-13H2,1-2H3,(H,25,28)(H,26,29)/t15-,16-/m1/s1. The van der Waals surface area contributed by atoms with Gasteiger partial charge in [-0.05, 0) is 62.6 Å². The van der Waals surface area contributed by atoms with Gasteiger partial charge in [0.2, 0.25) is 0 Å². The average molecular weight is 510 g/mol. The lowest BCUT2D eigenvalue weighted by atomic mass is 10.1. The van der Waals surface area contributed by atoms with E-state index in [9.17, 15) is 22.4 Å². The number of likely N-dealkylation sites (N-methyl/N-ethyl adjacent to an activating group) is 1. The van der Waals surface area contributed by atoms with Crippen LogP contribution in [0.3, 0.4) is 0 Å². The third kappa shape index (κ3) is 5.48. The molecule has 184 valence electrons. The van der Waals surface area contributed by atoms with Gasteiger partial charge in [0, 0.05) is 24.5 Å². The van der Waals surface area contributed by atoms with Gasteiger partial charge in [0.1, 0.15) is 5.82 Å². The van der Waals surface area contributed by atoms with Crippen molar-refractivity contribution in [3.8, 4) is 0 Å². The molecule has 1 aromatic heterocycles. The summed E-state index contributed by atoms with van der Waals surface area (Å²) in [7, 11) is -2.32. The average Bonchev–Trinajstić information content (AvgIpc) is 3.43. The Kier molecular flexibility index (Phi) is 7.36. The van der Waals surface area contributed by atoms with Gasteiger partial charge in [-0.25, -0.2) is 17.5 Å². The Morgan fingerprint density at radius 2 is 1.97 bits per heavy atom. The molecule has 34 heavy (non-hydrogen) atoms.